The van der Waals surface area contributed by atoms with Crippen LogP contribution < -0.4 is 0 Å². The number of hydrogen-bond donors (Lipinski definition) is 5. The zero-order valence-electron chi connectivity index (χ0n) is 11.5. The molecule has 1 aliphatic carbocycles. The van der Waals surface area contributed by atoms with Gasteiger partial charge in [-0.2, -0.15) is 0 Å². The Labute approximate surface area is 112 Å². The van der Waals surface area contributed by atoms with Gasteiger partial charge in [-0.05, 0) is 37.0 Å². The molecule has 0 radical (unpaired) electrons. The number of hydrogen-bond acceptors (Lipinski definition) is 3. The first-order valence-corrected chi connectivity index (χ1v) is 5.98. The molecule has 19 heavy (non-hydrogen) atoms. The number of aliphatic hydroxyl groups is 1. The summed E-state index contributed by atoms with van der Waals surface area (Å²) in [6, 6.07) is 0. The van der Waals surface area contributed by atoms with Crippen LogP contribution in [0.25, 0.3) is 0 Å². The normalized spacial score (nSPS) is 22.1. The molecule has 0 atom stereocenters. The van der Waals surface area contributed by atoms with Gasteiger partial charge in [-0.25, -0.2) is 9.59 Å². The zero-order valence-corrected chi connectivity index (χ0v) is 11.5. The Morgan fingerprint density at radius 2 is 1.11 bits per heavy atom. The van der Waals surface area contributed by atoms with Gasteiger partial charge in [-0.1, -0.05) is 20.8 Å². The highest BCUT2D eigenvalue weighted by atomic mass is 16.6. The molecule has 5 N–H and O–H groups in total. The van der Waals surface area contributed by atoms with Crippen LogP contribution in [0.4, 0.5) is 9.59 Å². The highest BCUT2D eigenvalue weighted by Gasteiger charge is 2.28. The van der Waals surface area contributed by atoms with E-state index in [1.54, 1.807) is 0 Å². The maximum atomic E-state index is 9.29. The third-order valence-electron chi connectivity index (χ3n) is 2.92. The summed E-state index contributed by atoms with van der Waals surface area (Å²) in [6.07, 6.45) is 0.785. The van der Waals surface area contributed by atoms with E-state index >= 15 is 0 Å². The van der Waals surface area contributed by atoms with E-state index in [-0.39, 0.29) is 6.10 Å². The molecule has 114 valence electrons. The van der Waals surface area contributed by atoms with E-state index in [0.717, 1.165) is 18.8 Å². The molecular formula is C12H24O7. The smallest absolute Gasteiger partial charge is 0.450 e. The molecule has 0 spiro atoms. The molecule has 0 amide bonds. The highest BCUT2D eigenvalue weighted by Crippen LogP contribution is 2.37. The summed E-state index contributed by atoms with van der Waals surface area (Å²) in [5.74, 6) is 0.825. The third kappa shape index (κ3) is 16.5. The standard InChI is InChI=1S/C10H20O.2CH2O3/c1-10(2,3)8-4-6-9(11)7-5-8;2*2-1(3)4/h8-9,11H,4-7H2,1-3H3;2*(H2,2,3,4). The molecule has 1 saturated carbocycles. The molecule has 0 bridgehead atoms. The second kappa shape index (κ2) is 9.43. The largest absolute Gasteiger partial charge is 0.503 e. The van der Waals surface area contributed by atoms with E-state index in [4.69, 9.17) is 30.0 Å². The van der Waals surface area contributed by atoms with Crippen LogP contribution in [0.2, 0.25) is 0 Å². The van der Waals surface area contributed by atoms with Crippen molar-refractivity contribution < 1.29 is 35.1 Å². The summed E-state index contributed by atoms with van der Waals surface area (Å²) < 4.78 is 0. The van der Waals surface area contributed by atoms with Gasteiger partial charge in [-0.3, -0.25) is 0 Å². The van der Waals surface area contributed by atoms with Crippen LogP contribution in [0.5, 0.6) is 0 Å². The molecule has 1 fully saturated rings. The van der Waals surface area contributed by atoms with E-state index in [2.05, 4.69) is 20.8 Å². The average molecular weight is 280 g/mol. The van der Waals surface area contributed by atoms with Gasteiger partial charge in [0.05, 0.1) is 6.10 Å². The molecule has 0 saturated heterocycles. The number of carboxylic acid groups (broad SMARTS) is 4. The van der Waals surface area contributed by atoms with Gasteiger partial charge in [0.1, 0.15) is 0 Å². The van der Waals surface area contributed by atoms with E-state index in [1.165, 1.54) is 12.8 Å². The minimum atomic E-state index is -1.83. The lowest BCUT2D eigenvalue weighted by Crippen LogP contribution is -2.27. The summed E-state index contributed by atoms with van der Waals surface area (Å²) in [7, 11) is 0. The number of carbonyl (C=O) groups is 2. The lowest BCUT2D eigenvalue weighted by atomic mass is 9.72. The van der Waals surface area contributed by atoms with Crippen LogP contribution in [0, 0.1) is 11.3 Å². The van der Waals surface area contributed by atoms with Crippen molar-refractivity contribution in [3.63, 3.8) is 0 Å². The molecule has 1 aliphatic rings. The minimum Gasteiger partial charge on any atom is -0.450 e. The maximum Gasteiger partial charge on any atom is 0.503 e. The molecule has 0 aromatic carbocycles. The van der Waals surface area contributed by atoms with Crippen molar-refractivity contribution >= 4 is 12.3 Å². The van der Waals surface area contributed by atoms with Crippen molar-refractivity contribution in [1.29, 1.82) is 0 Å². The van der Waals surface area contributed by atoms with E-state index in [0.29, 0.717) is 5.41 Å². The first kappa shape index (κ1) is 19.8. The lowest BCUT2D eigenvalue weighted by Gasteiger charge is -2.35. The topological polar surface area (TPSA) is 135 Å². The van der Waals surface area contributed by atoms with Crippen LogP contribution in [0.3, 0.4) is 0 Å². The van der Waals surface area contributed by atoms with E-state index < -0.39 is 12.3 Å². The molecule has 0 aromatic heterocycles. The van der Waals surface area contributed by atoms with E-state index in [9.17, 15) is 5.11 Å². The van der Waals surface area contributed by atoms with Crippen molar-refractivity contribution in [3.05, 3.63) is 0 Å². The van der Waals surface area contributed by atoms with Gasteiger partial charge < -0.3 is 25.5 Å². The van der Waals surface area contributed by atoms with Crippen molar-refractivity contribution in [2.75, 3.05) is 0 Å². The monoisotopic (exact) mass is 280 g/mol. The molecule has 1 rings (SSSR count). The van der Waals surface area contributed by atoms with Gasteiger partial charge in [0.15, 0.2) is 0 Å². The first-order chi connectivity index (χ1) is 8.46. The SMILES string of the molecule is CC(C)(C)C1CCC(O)CC1.O=C(O)O.O=C(O)O. The van der Waals surface area contributed by atoms with Crippen molar-refractivity contribution in [1.82, 2.24) is 0 Å². The Morgan fingerprint density at radius 1 is 0.842 bits per heavy atom. The lowest BCUT2D eigenvalue weighted by molar-refractivity contribution is 0.0725. The fraction of sp³-hybridized carbons (Fsp3) is 0.833. The first-order valence-electron chi connectivity index (χ1n) is 5.98. The Kier molecular flexibility index (Phi) is 9.85. The van der Waals surface area contributed by atoms with E-state index in [1.807, 2.05) is 0 Å². The quantitative estimate of drug-likeness (QED) is 0.460. The van der Waals surface area contributed by atoms with Crippen LogP contribution in [-0.2, 0) is 0 Å². The highest BCUT2D eigenvalue weighted by molar-refractivity contribution is 5.53. The number of rotatable bonds is 0. The molecular weight excluding hydrogens is 256 g/mol. The predicted octanol–water partition coefficient (Wildman–Crippen LogP) is 3.03. The maximum absolute atomic E-state index is 9.29. The molecule has 0 unspecified atom stereocenters. The molecule has 0 aromatic rings. The predicted molar refractivity (Wildman–Crippen MR) is 68.7 cm³/mol. The second-order valence-corrected chi connectivity index (χ2v) is 5.44. The average Bonchev–Trinajstić information content (AvgIpc) is 2.14. The van der Waals surface area contributed by atoms with Crippen molar-refractivity contribution in [2.45, 2.75) is 52.6 Å². The van der Waals surface area contributed by atoms with Crippen LogP contribution in [-0.4, -0.2) is 43.9 Å². The summed E-state index contributed by atoms with van der Waals surface area (Å²) in [5, 5.41) is 37.2. The van der Waals surface area contributed by atoms with Gasteiger partial charge in [0.2, 0.25) is 0 Å². The van der Waals surface area contributed by atoms with Gasteiger partial charge in [0.25, 0.3) is 0 Å². The Hall–Kier alpha value is -1.50. The van der Waals surface area contributed by atoms with Gasteiger partial charge in [-0.15, -0.1) is 0 Å². The van der Waals surface area contributed by atoms with Crippen LogP contribution in [0.15, 0.2) is 0 Å². The molecule has 0 aliphatic heterocycles. The summed E-state index contributed by atoms with van der Waals surface area (Å²) in [4.78, 5) is 17.1. The fourth-order valence-electron chi connectivity index (χ4n) is 1.94. The molecule has 7 heteroatoms. The number of aliphatic hydroxyl groups excluding tert-OH is 1. The second-order valence-electron chi connectivity index (χ2n) is 5.44. The summed E-state index contributed by atoms with van der Waals surface area (Å²) in [5.41, 5.74) is 0.445. The Bertz CT molecular complexity index is 242. The van der Waals surface area contributed by atoms with Crippen molar-refractivity contribution in [2.24, 2.45) is 11.3 Å². The molecule has 0 heterocycles. The third-order valence-corrected chi connectivity index (χ3v) is 2.92. The summed E-state index contributed by atoms with van der Waals surface area (Å²) in [6.45, 7) is 6.90. The van der Waals surface area contributed by atoms with Crippen molar-refractivity contribution in [3.8, 4) is 0 Å². The molecule has 7 nitrogen and oxygen atoms in total. The summed E-state index contributed by atoms with van der Waals surface area (Å²) >= 11 is 0. The van der Waals surface area contributed by atoms with Gasteiger partial charge in [0, 0.05) is 0 Å². The fourth-order valence-corrected chi connectivity index (χ4v) is 1.94. The minimum absolute atomic E-state index is 0.00593. The zero-order chi connectivity index (χ0) is 15.6. The van der Waals surface area contributed by atoms with Crippen LogP contribution in [0.1, 0.15) is 46.5 Å². The van der Waals surface area contributed by atoms with Gasteiger partial charge >= 0.3 is 12.3 Å². The Balaban J connectivity index is 0. The Morgan fingerprint density at radius 3 is 1.32 bits per heavy atom. The van der Waals surface area contributed by atoms with Crippen LogP contribution >= 0.6 is 0 Å².